The summed E-state index contributed by atoms with van der Waals surface area (Å²) in [5.74, 6) is 0.600. The molecule has 0 atom stereocenters. The Morgan fingerprint density at radius 2 is 2.28 bits per heavy atom. The number of methoxy groups -OCH3 is 2. The van der Waals surface area contributed by atoms with Crippen molar-refractivity contribution in [3.63, 3.8) is 0 Å². The number of carbonyl (C=O) groups excluding carboxylic acids is 1. The third-order valence-corrected chi connectivity index (χ3v) is 2.63. The minimum absolute atomic E-state index is 0.0447. The molecule has 0 unspecified atom stereocenters. The Morgan fingerprint density at radius 3 is 2.89 bits per heavy atom. The molecule has 2 rings (SSSR count). The van der Waals surface area contributed by atoms with Crippen molar-refractivity contribution in [3.05, 3.63) is 29.8 Å². The molecule has 0 radical (unpaired) electrons. The number of hydrogen-bond acceptors (Lipinski definition) is 5. The fourth-order valence-electron chi connectivity index (χ4n) is 1.85. The molecule has 0 aliphatic rings. The molecule has 0 aliphatic carbocycles. The summed E-state index contributed by atoms with van der Waals surface area (Å²) in [6.07, 6.45) is 2.12. The van der Waals surface area contributed by atoms with Gasteiger partial charge in [-0.05, 0) is 12.1 Å². The van der Waals surface area contributed by atoms with E-state index in [0.29, 0.717) is 23.5 Å². The number of aliphatic hydroxyl groups excluding tert-OH is 1. The summed E-state index contributed by atoms with van der Waals surface area (Å²) in [6, 6.07) is 3.53. The van der Waals surface area contributed by atoms with Crippen molar-refractivity contribution in [2.75, 3.05) is 20.8 Å². The summed E-state index contributed by atoms with van der Waals surface area (Å²) < 4.78 is 11.6. The van der Waals surface area contributed by atoms with Gasteiger partial charge in [-0.1, -0.05) is 0 Å². The van der Waals surface area contributed by atoms with E-state index in [1.54, 1.807) is 22.7 Å². The summed E-state index contributed by atoms with van der Waals surface area (Å²) in [4.78, 5) is 15.9. The van der Waals surface area contributed by atoms with Crippen LogP contribution in [-0.2, 0) is 11.2 Å². The first-order valence-electron chi connectivity index (χ1n) is 5.46. The Bertz CT molecular complexity index is 577. The van der Waals surface area contributed by atoms with E-state index >= 15 is 0 Å². The Balaban J connectivity index is 2.72. The van der Waals surface area contributed by atoms with Gasteiger partial charge < -0.3 is 14.6 Å². The summed E-state index contributed by atoms with van der Waals surface area (Å²) in [6.45, 7) is -0.0447. The number of hydrogen-bond donors (Lipinski definition) is 1. The highest BCUT2D eigenvalue weighted by Crippen LogP contribution is 2.25. The maximum Gasteiger partial charge on any atom is 0.359 e. The predicted octanol–water partition coefficient (Wildman–Crippen LogP) is 0.664. The third-order valence-electron chi connectivity index (χ3n) is 2.63. The Morgan fingerprint density at radius 1 is 1.50 bits per heavy atom. The number of rotatable bonds is 4. The van der Waals surface area contributed by atoms with Crippen LogP contribution in [0.15, 0.2) is 18.3 Å². The van der Waals surface area contributed by atoms with Gasteiger partial charge in [-0.3, -0.25) is 4.40 Å². The van der Waals surface area contributed by atoms with Crippen LogP contribution in [0.2, 0.25) is 0 Å². The zero-order valence-corrected chi connectivity index (χ0v) is 10.2. The Hall–Kier alpha value is -2.08. The van der Waals surface area contributed by atoms with Crippen molar-refractivity contribution in [1.29, 1.82) is 0 Å². The van der Waals surface area contributed by atoms with Gasteiger partial charge in [-0.25, -0.2) is 9.78 Å². The molecule has 96 valence electrons. The van der Waals surface area contributed by atoms with Gasteiger partial charge in [0.1, 0.15) is 17.1 Å². The van der Waals surface area contributed by atoms with E-state index in [1.807, 2.05) is 0 Å². The zero-order chi connectivity index (χ0) is 13.1. The summed E-state index contributed by atoms with van der Waals surface area (Å²) in [5.41, 5.74) is 0.744. The molecule has 2 heterocycles. The SMILES string of the molecule is COC(=O)c1nc(CCO)n2cccc(OC)c12. The van der Waals surface area contributed by atoms with Crippen molar-refractivity contribution in [2.45, 2.75) is 6.42 Å². The van der Waals surface area contributed by atoms with Crippen LogP contribution in [0.1, 0.15) is 16.3 Å². The van der Waals surface area contributed by atoms with E-state index in [4.69, 9.17) is 14.6 Å². The minimum Gasteiger partial charge on any atom is -0.494 e. The predicted molar refractivity (Wildman–Crippen MR) is 63.9 cm³/mol. The first-order valence-corrected chi connectivity index (χ1v) is 5.46. The summed E-state index contributed by atoms with van der Waals surface area (Å²) in [5, 5.41) is 9.01. The van der Waals surface area contributed by atoms with Gasteiger partial charge in [0.2, 0.25) is 0 Å². The van der Waals surface area contributed by atoms with E-state index in [0.717, 1.165) is 0 Å². The molecule has 2 aromatic heterocycles. The number of aliphatic hydroxyl groups is 1. The van der Waals surface area contributed by atoms with Crippen molar-refractivity contribution in [3.8, 4) is 5.75 Å². The molecule has 1 N–H and O–H groups in total. The molecule has 6 heteroatoms. The van der Waals surface area contributed by atoms with Gasteiger partial charge in [0.15, 0.2) is 5.69 Å². The highest BCUT2D eigenvalue weighted by atomic mass is 16.5. The van der Waals surface area contributed by atoms with Crippen molar-refractivity contribution in [2.24, 2.45) is 0 Å². The van der Waals surface area contributed by atoms with Gasteiger partial charge in [-0.15, -0.1) is 0 Å². The van der Waals surface area contributed by atoms with Gasteiger partial charge in [0.05, 0.1) is 20.8 Å². The van der Waals surface area contributed by atoms with Crippen molar-refractivity contribution in [1.82, 2.24) is 9.38 Å². The molecule has 0 saturated heterocycles. The van der Waals surface area contributed by atoms with Gasteiger partial charge >= 0.3 is 5.97 Å². The first kappa shape index (κ1) is 12.4. The largest absolute Gasteiger partial charge is 0.494 e. The number of carbonyl (C=O) groups is 1. The molecule has 0 amide bonds. The zero-order valence-electron chi connectivity index (χ0n) is 10.2. The van der Waals surface area contributed by atoms with Crippen LogP contribution in [0.25, 0.3) is 5.52 Å². The lowest BCUT2D eigenvalue weighted by atomic mass is 10.3. The number of esters is 1. The van der Waals surface area contributed by atoms with E-state index in [1.165, 1.54) is 14.2 Å². The second kappa shape index (κ2) is 5.05. The molecule has 0 fully saturated rings. The van der Waals surface area contributed by atoms with Crippen LogP contribution in [0.3, 0.4) is 0 Å². The third kappa shape index (κ3) is 1.91. The Kier molecular flexibility index (Phi) is 3.47. The molecule has 6 nitrogen and oxygen atoms in total. The molecule has 0 bridgehead atoms. The summed E-state index contributed by atoms with van der Waals surface area (Å²) in [7, 11) is 2.82. The van der Waals surface area contributed by atoms with E-state index < -0.39 is 5.97 Å². The maximum absolute atomic E-state index is 11.7. The van der Waals surface area contributed by atoms with Crippen LogP contribution in [0.4, 0.5) is 0 Å². The van der Waals surface area contributed by atoms with E-state index in [-0.39, 0.29) is 12.3 Å². The van der Waals surface area contributed by atoms with Crippen LogP contribution in [0, 0.1) is 0 Å². The quantitative estimate of drug-likeness (QED) is 0.807. The highest BCUT2D eigenvalue weighted by Gasteiger charge is 2.20. The van der Waals surface area contributed by atoms with Crippen LogP contribution >= 0.6 is 0 Å². The molecule has 18 heavy (non-hydrogen) atoms. The second-order valence-corrected chi connectivity index (χ2v) is 3.64. The normalized spacial score (nSPS) is 10.6. The molecule has 0 spiro atoms. The minimum atomic E-state index is -0.527. The maximum atomic E-state index is 11.7. The lowest BCUT2D eigenvalue weighted by Crippen LogP contribution is -2.03. The van der Waals surface area contributed by atoms with E-state index in [2.05, 4.69) is 4.98 Å². The second-order valence-electron chi connectivity index (χ2n) is 3.64. The summed E-state index contributed by atoms with van der Waals surface area (Å²) >= 11 is 0. The van der Waals surface area contributed by atoms with Gasteiger partial charge in [0.25, 0.3) is 0 Å². The number of ether oxygens (including phenoxy) is 2. The van der Waals surface area contributed by atoms with E-state index in [9.17, 15) is 4.79 Å². The monoisotopic (exact) mass is 250 g/mol. The smallest absolute Gasteiger partial charge is 0.359 e. The Labute approximate surface area is 104 Å². The standard InChI is InChI=1S/C12H14N2O4/c1-17-8-4-3-6-14-9(5-7-15)13-10(11(8)14)12(16)18-2/h3-4,6,15H,5,7H2,1-2H3. The number of aromatic nitrogens is 2. The highest BCUT2D eigenvalue weighted by molar-refractivity contribution is 5.97. The average Bonchev–Trinajstić information content (AvgIpc) is 2.77. The lowest BCUT2D eigenvalue weighted by Gasteiger charge is -2.04. The lowest BCUT2D eigenvalue weighted by molar-refractivity contribution is 0.0596. The number of nitrogens with zero attached hydrogens (tertiary/aromatic N) is 2. The van der Waals surface area contributed by atoms with Crippen molar-refractivity contribution < 1.29 is 19.4 Å². The molecule has 0 aliphatic heterocycles. The van der Waals surface area contributed by atoms with Crippen molar-refractivity contribution >= 4 is 11.5 Å². The first-order chi connectivity index (χ1) is 8.72. The molecule has 0 saturated carbocycles. The topological polar surface area (TPSA) is 73.1 Å². The number of fused-ring (bicyclic) bond motifs is 1. The van der Waals surface area contributed by atoms with Gasteiger partial charge in [0, 0.05) is 12.6 Å². The molecular weight excluding hydrogens is 236 g/mol. The molecular formula is C12H14N2O4. The average molecular weight is 250 g/mol. The fraction of sp³-hybridized carbons (Fsp3) is 0.333. The molecule has 2 aromatic rings. The van der Waals surface area contributed by atoms with Crippen LogP contribution in [-0.4, -0.2) is 41.3 Å². The van der Waals surface area contributed by atoms with Crippen LogP contribution in [0.5, 0.6) is 5.75 Å². The molecule has 0 aromatic carbocycles. The van der Waals surface area contributed by atoms with Crippen LogP contribution < -0.4 is 4.74 Å². The van der Waals surface area contributed by atoms with Gasteiger partial charge in [-0.2, -0.15) is 0 Å². The fourth-order valence-corrected chi connectivity index (χ4v) is 1.85. The number of imidazole rings is 1. The number of pyridine rings is 1.